The normalized spacial score (nSPS) is 12.9. The molecule has 0 bridgehead atoms. The Balaban J connectivity index is 2.18. The first kappa shape index (κ1) is 16.0. The molecule has 0 radical (unpaired) electrons. The fourth-order valence-corrected chi connectivity index (χ4v) is 2.13. The van der Waals surface area contributed by atoms with E-state index >= 15 is 0 Å². The number of rotatable bonds is 4. The molecule has 0 fully saturated rings. The third-order valence-corrected chi connectivity index (χ3v) is 3.30. The SMILES string of the molecule is N=C(CC(N)c1ccccc1O)c1cccc(C(F)(F)F)c1. The van der Waals surface area contributed by atoms with E-state index in [4.69, 9.17) is 11.1 Å². The molecule has 0 saturated heterocycles. The standard InChI is InChI=1S/C16H15F3N2O/c17-16(18,19)11-5-3-4-10(8-11)13(20)9-14(21)12-6-1-2-7-15(12)22/h1-8,14,20,22H,9,21H2. The van der Waals surface area contributed by atoms with Crippen LogP contribution in [-0.4, -0.2) is 10.8 Å². The summed E-state index contributed by atoms with van der Waals surface area (Å²) in [5.74, 6) is 0.00634. The van der Waals surface area contributed by atoms with Gasteiger partial charge in [-0.3, -0.25) is 0 Å². The van der Waals surface area contributed by atoms with E-state index in [0.29, 0.717) is 5.56 Å². The lowest BCUT2D eigenvalue weighted by molar-refractivity contribution is -0.137. The zero-order valence-corrected chi connectivity index (χ0v) is 11.6. The van der Waals surface area contributed by atoms with Crippen LogP contribution in [-0.2, 0) is 6.18 Å². The van der Waals surface area contributed by atoms with Gasteiger partial charge in [-0.1, -0.05) is 30.3 Å². The molecule has 0 aliphatic carbocycles. The van der Waals surface area contributed by atoms with E-state index in [-0.39, 0.29) is 23.4 Å². The molecule has 0 saturated carbocycles. The number of para-hydroxylation sites is 1. The van der Waals surface area contributed by atoms with Crippen LogP contribution >= 0.6 is 0 Å². The number of phenolic OH excluding ortho intramolecular Hbond substituents is 1. The molecule has 0 amide bonds. The molecule has 116 valence electrons. The van der Waals surface area contributed by atoms with Crippen LogP contribution in [0.1, 0.15) is 29.2 Å². The first-order valence-corrected chi connectivity index (χ1v) is 6.57. The number of benzene rings is 2. The maximum absolute atomic E-state index is 12.7. The third-order valence-electron chi connectivity index (χ3n) is 3.30. The molecular weight excluding hydrogens is 293 g/mol. The lowest BCUT2D eigenvalue weighted by Gasteiger charge is -2.15. The third kappa shape index (κ3) is 3.65. The van der Waals surface area contributed by atoms with Crippen molar-refractivity contribution in [1.82, 2.24) is 0 Å². The summed E-state index contributed by atoms with van der Waals surface area (Å²) < 4.78 is 38.1. The number of nitrogens with one attached hydrogen (secondary N) is 1. The zero-order chi connectivity index (χ0) is 16.3. The molecule has 0 aliphatic rings. The van der Waals surface area contributed by atoms with Crippen molar-refractivity contribution in [2.24, 2.45) is 5.73 Å². The van der Waals surface area contributed by atoms with Crippen LogP contribution < -0.4 is 5.73 Å². The van der Waals surface area contributed by atoms with Crippen LogP contribution in [0, 0.1) is 5.41 Å². The van der Waals surface area contributed by atoms with Crippen LogP contribution in [0.25, 0.3) is 0 Å². The lowest BCUT2D eigenvalue weighted by atomic mass is 9.96. The highest BCUT2D eigenvalue weighted by Crippen LogP contribution is 2.30. The smallest absolute Gasteiger partial charge is 0.416 e. The molecule has 0 heterocycles. The Bertz CT molecular complexity index is 683. The first-order chi connectivity index (χ1) is 10.3. The summed E-state index contributed by atoms with van der Waals surface area (Å²) in [5, 5.41) is 17.7. The van der Waals surface area contributed by atoms with E-state index in [9.17, 15) is 18.3 Å². The molecule has 22 heavy (non-hydrogen) atoms. The van der Waals surface area contributed by atoms with Crippen molar-refractivity contribution in [3.8, 4) is 5.75 Å². The molecule has 3 nitrogen and oxygen atoms in total. The van der Waals surface area contributed by atoms with E-state index in [1.54, 1.807) is 18.2 Å². The predicted octanol–water partition coefficient (Wildman–Crippen LogP) is 3.87. The van der Waals surface area contributed by atoms with E-state index < -0.39 is 17.8 Å². The van der Waals surface area contributed by atoms with Crippen molar-refractivity contribution < 1.29 is 18.3 Å². The summed E-state index contributed by atoms with van der Waals surface area (Å²) in [5.41, 5.74) is 5.75. The lowest BCUT2D eigenvalue weighted by Crippen LogP contribution is -2.16. The van der Waals surface area contributed by atoms with Crippen molar-refractivity contribution in [2.75, 3.05) is 0 Å². The second kappa shape index (κ2) is 6.19. The van der Waals surface area contributed by atoms with Crippen LogP contribution in [0.3, 0.4) is 0 Å². The molecule has 0 aliphatic heterocycles. The Hall–Kier alpha value is -2.34. The molecule has 2 rings (SSSR count). The van der Waals surface area contributed by atoms with Gasteiger partial charge in [0.05, 0.1) is 5.56 Å². The number of halogens is 3. The maximum atomic E-state index is 12.7. The second-order valence-electron chi connectivity index (χ2n) is 4.93. The fraction of sp³-hybridized carbons (Fsp3) is 0.188. The summed E-state index contributed by atoms with van der Waals surface area (Å²) in [6.45, 7) is 0. The minimum Gasteiger partial charge on any atom is -0.508 e. The topological polar surface area (TPSA) is 70.1 Å². The fourth-order valence-electron chi connectivity index (χ4n) is 2.13. The minimum absolute atomic E-state index is 0.00634. The molecule has 2 aromatic rings. The molecule has 1 atom stereocenters. The average Bonchev–Trinajstić information content (AvgIpc) is 2.46. The van der Waals surface area contributed by atoms with Crippen molar-refractivity contribution in [3.63, 3.8) is 0 Å². The summed E-state index contributed by atoms with van der Waals surface area (Å²) in [4.78, 5) is 0. The molecule has 2 aromatic carbocycles. The quantitative estimate of drug-likeness (QED) is 0.750. The number of phenols is 1. The van der Waals surface area contributed by atoms with Crippen molar-refractivity contribution in [3.05, 3.63) is 65.2 Å². The van der Waals surface area contributed by atoms with Crippen molar-refractivity contribution >= 4 is 5.71 Å². The number of nitrogens with two attached hydrogens (primary N) is 1. The summed E-state index contributed by atoms with van der Waals surface area (Å²) in [6, 6.07) is 10.4. The molecule has 0 aromatic heterocycles. The number of alkyl halides is 3. The molecule has 4 N–H and O–H groups in total. The Labute approximate surface area is 125 Å². The monoisotopic (exact) mass is 308 g/mol. The van der Waals surface area contributed by atoms with Crippen LogP contribution in [0.4, 0.5) is 13.2 Å². The first-order valence-electron chi connectivity index (χ1n) is 6.57. The largest absolute Gasteiger partial charge is 0.508 e. The minimum atomic E-state index is -4.45. The maximum Gasteiger partial charge on any atom is 0.416 e. The Morgan fingerprint density at radius 1 is 1.14 bits per heavy atom. The average molecular weight is 308 g/mol. The number of hydrogen-bond donors (Lipinski definition) is 3. The van der Waals surface area contributed by atoms with Crippen LogP contribution in [0.15, 0.2) is 48.5 Å². The Kier molecular flexibility index (Phi) is 4.51. The van der Waals surface area contributed by atoms with Gasteiger partial charge in [0.1, 0.15) is 5.75 Å². The van der Waals surface area contributed by atoms with E-state index in [0.717, 1.165) is 12.1 Å². The molecular formula is C16H15F3N2O. The van der Waals surface area contributed by atoms with Crippen molar-refractivity contribution in [1.29, 1.82) is 5.41 Å². The predicted molar refractivity (Wildman–Crippen MR) is 77.9 cm³/mol. The van der Waals surface area contributed by atoms with Gasteiger partial charge in [0.2, 0.25) is 0 Å². The van der Waals surface area contributed by atoms with Crippen LogP contribution in [0.2, 0.25) is 0 Å². The highest BCUT2D eigenvalue weighted by atomic mass is 19.4. The van der Waals surface area contributed by atoms with Gasteiger partial charge < -0.3 is 16.2 Å². The zero-order valence-electron chi connectivity index (χ0n) is 11.6. The van der Waals surface area contributed by atoms with Gasteiger partial charge in [-0.05, 0) is 23.8 Å². The van der Waals surface area contributed by atoms with Crippen molar-refractivity contribution in [2.45, 2.75) is 18.6 Å². The molecule has 1 unspecified atom stereocenters. The van der Waals surface area contributed by atoms with E-state index in [1.807, 2.05) is 0 Å². The van der Waals surface area contributed by atoms with Gasteiger partial charge in [-0.25, -0.2) is 0 Å². The Morgan fingerprint density at radius 3 is 2.45 bits per heavy atom. The highest BCUT2D eigenvalue weighted by Gasteiger charge is 2.30. The number of hydrogen-bond acceptors (Lipinski definition) is 3. The second-order valence-corrected chi connectivity index (χ2v) is 4.93. The van der Waals surface area contributed by atoms with Crippen LogP contribution in [0.5, 0.6) is 5.75 Å². The molecule has 0 spiro atoms. The van der Waals surface area contributed by atoms with E-state index in [2.05, 4.69) is 0 Å². The highest BCUT2D eigenvalue weighted by molar-refractivity contribution is 5.98. The summed E-state index contributed by atoms with van der Waals surface area (Å²) in [6.07, 6.45) is -4.42. The van der Waals surface area contributed by atoms with E-state index in [1.165, 1.54) is 18.2 Å². The van der Waals surface area contributed by atoms with Gasteiger partial charge in [-0.15, -0.1) is 0 Å². The van der Waals surface area contributed by atoms with Gasteiger partial charge in [0.15, 0.2) is 0 Å². The van der Waals surface area contributed by atoms with Gasteiger partial charge in [0, 0.05) is 23.7 Å². The van der Waals surface area contributed by atoms with Gasteiger partial charge in [0.25, 0.3) is 0 Å². The Morgan fingerprint density at radius 2 is 1.82 bits per heavy atom. The summed E-state index contributed by atoms with van der Waals surface area (Å²) in [7, 11) is 0. The van der Waals surface area contributed by atoms with Gasteiger partial charge in [-0.2, -0.15) is 13.2 Å². The summed E-state index contributed by atoms with van der Waals surface area (Å²) >= 11 is 0. The van der Waals surface area contributed by atoms with Gasteiger partial charge >= 0.3 is 6.18 Å². The molecule has 6 heteroatoms. The number of aromatic hydroxyl groups is 1.